The van der Waals surface area contributed by atoms with Crippen LogP contribution in [0.5, 0.6) is 0 Å². The number of amides is 1. The average Bonchev–Trinajstić information content (AvgIpc) is 2.35. The van der Waals surface area contributed by atoms with Crippen LogP contribution >= 0.6 is 11.6 Å². The molecular weight excluding hydrogens is 260 g/mol. The molecule has 19 heavy (non-hydrogen) atoms. The number of aryl methyl sites for hydroxylation is 1. The molecule has 98 valence electrons. The van der Waals surface area contributed by atoms with Crippen LogP contribution in [0.1, 0.15) is 17.2 Å². The van der Waals surface area contributed by atoms with E-state index in [1.165, 1.54) is 0 Å². The van der Waals surface area contributed by atoms with Crippen LogP contribution in [0.25, 0.3) is 0 Å². The topological polar surface area (TPSA) is 55.1 Å². The van der Waals surface area contributed by atoms with Crippen molar-refractivity contribution in [3.05, 3.63) is 64.7 Å². The van der Waals surface area contributed by atoms with Crippen LogP contribution in [-0.2, 0) is 4.79 Å². The Balaban J connectivity index is 2.29. The van der Waals surface area contributed by atoms with E-state index in [0.717, 1.165) is 16.8 Å². The fourth-order valence-electron chi connectivity index (χ4n) is 1.91. The molecule has 0 aliphatic carbocycles. The summed E-state index contributed by atoms with van der Waals surface area (Å²) < 4.78 is 0. The Morgan fingerprint density at radius 1 is 1.21 bits per heavy atom. The second kappa shape index (κ2) is 5.76. The largest absolute Gasteiger partial charge is 0.370 e. The van der Waals surface area contributed by atoms with Crippen LogP contribution < -0.4 is 11.1 Å². The molecule has 1 unspecified atom stereocenters. The van der Waals surface area contributed by atoms with Crippen molar-refractivity contribution < 1.29 is 4.79 Å². The molecule has 0 saturated heterocycles. The Bertz CT molecular complexity index is 598. The van der Waals surface area contributed by atoms with E-state index in [-0.39, 0.29) is 0 Å². The van der Waals surface area contributed by atoms with Gasteiger partial charge in [-0.3, -0.25) is 4.79 Å². The quantitative estimate of drug-likeness (QED) is 0.899. The van der Waals surface area contributed by atoms with Crippen molar-refractivity contribution in [2.24, 2.45) is 5.73 Å². The third kappa shape index (κ3) is 3.48. The van der Waals surface area contributed by atoms with Crippen LogP contribution in [0.2, 0.25) is 5.02 Å². The maximum Gasteiger partial charge on any atom is 0.244 e. The standard InChI is InChI=1S/C15H15ClN2O/c1-10-4-2-7-13(8-10)18-14(15(17)19)11-5-3-6-12(16)9-11/h2-9,14,18H,1H3,(H2,17,19). The highest BCUT2D eigenvalue weighted by Crippen LogP contribution is 2.22. The molecule has 0 aliphatic rings. The summed E-state index contributed by atoms with van der Waals surface area (Å²) in [6, 6.07) is 14.3. The number of carbonyl (C=O) groups excluding carboxylic acids is 1. The lowest BCUT2D eigenvalue weighted by molar-refractivity contribution is -0.118. The summed E-state index contributed by atoms with van der Waals surface area (Å²) in [4.78, 5) is 11.6. The number of anilines is 1. The second-order valence-electron chi connectivity index (χ2n) is 4.40. The van der Waals surface area contributed by atoms with Gasteiger partial charge in [-0.25, -0.2) is 0 Å². The first kappa shape index (κ1) is 13.4. The second-order valence-corrected chi connectivity index (χ2v) is 4.84. The van der Waals surface area contributed by atoms with Gasteiger partial charge in [0.15, 0.2) is 0 Å². The van der Waals surface area contributed by atoms with Gasteiger partial charge in [0.25, 0.3) is 0 Å². The van der Waals surface area contributed by atoms with Gasteiger partial charge in [-0.2, -0.15) is 0 Å². The van der Waals surface area contributed by atoms with Crippen LogP contribution in [0.4, 0.5) is 5.69 Å². The number of carbonyl (C=O) groups is 1. The molecular formula is C15H15ClN2O. The third-order valence-corrected chi connectivity index (χ3v) is 3.03. The summed E-state index contributed by atoms with van der Waals surface area (Å²) in [5.74, 6) is -0.441. The molecule has 3 N–H and O–H groups in total. The molecule has 0 heterocycles. The van der Waals surface area contributed by atoms with Gasteiger partial charge in [0.1, 0.15) is 6.04 Å². The van der Waals surface area contributed by atoms with Crippen LogP contribution in [0.15, 0.2) is 48.5 Å². The highest BCUT2D eigenvalue weighted by atomic mass is 35.5. The smallest absolute Gasteiger partial charge is 0.244 e. The van der Waals surface area contributed by atoms with Crippen molar-refractivity contribution in [3.8, 4) is 0 Å². The number of hydrogen-bond acceptors (Lipinski definition) is 2. The van der Waals surface area contributed by atoms with Crippen LogP contribution in [-0.4, -0.2) is 5.91 Å². The zero-order valence-electron chi connectivity index (χ0n) is 10.6. The highest BCUT2D eigenvalue weighted by Gasteiger charge is 2.17. The summed E-state index contributed by atoms with van der Waals surface area (Å²) >= 11 is 5.94. The van der Waals surface area contributed by atoms with E-state index in [4.69, 9.17) is 17.3 Å². The SMILES string of the molecule is Cc1cccc(NC(C(N)=O)c2cccc(Cl)c2)c1. The molecule has 0 bridgehead atoms. The van der Waals surface area contributed by atoms with E-state index in [1.807, 2.05) is 37.3 Å². The van der Waals surface area contributed by atoms with E-state index >= 15 is 0 Å². The van der Waals surface area contributed by atoms with Gasteiger partial charge in [-0.05, 0) is 42.3 Å². The first-order valence-corrected chi connectivity index (χ1v) is 6.32. The number of nitrogens with one attached hydrogen (secondary N) is 1. The summed E-state index contributed by atoms with van der Waals surface area (Å²) in [5.41, 5.74) is 8.17. The minimum atomic E-state index is -0.597. The molecule has 0 spiro atoms. The van der Waals surface area contributed by atoms with Gasteiger partial charge in [0.05, 0.1) is 0 Å². The van der Waals surface area contributed by atoms with Crippen molar-refractivity contribution in [2.75, 3.05) is 5.32 Å². The lowest BCUT2D eigenvalue weighted by Crippen LogP contribution is -2.27. The zero-order valence-corrected chi connectivity index (χ0v) is 11.3. The summed E-state index contributed by atoms with van der Waals surface area (Å²) in [5, 5.41) is 3.71. The summed E-state index contributed by atoms with van der Waals surface area (Å²) in [6.45, 7) is 1.99. The summed E-state index contributed by atoms with van der Waals surface area (Å²) in [6.07, 6.45) is 0. The molecule has 2 aromatic carbocycles. The first-order valence-electron chi connectivity index (χ1n) is 5.94. The van der Waals surface area contributed by atoms with Gasteiger partial charge in [0.2, 0.25) is 5.91 Å². The first-order chi connectivity index (χ1) is 9.06. The Kier molecular flexibility index (Phi) is 4.07. The zero-order chi connectivity index (χ0) is 13.8. The van der Waals surface area contributed by atoms with Crippen molar-refractivity contribution in [3.63, 3.8) is 0 Å². The lowest BCUT2D eigenvalue weighted by atomic mass is 10.1. The van der Waals surface area contributed by atoms with Crippen molar-refractivity contribution in [1.82, 2.24) is 0 Å². The number of nitrogens with two attached hydrogens (primary N) is 1. The molecule has 3 nitrogen and oxygen atoms in total. The normalized spacial score (nSPS) is 11.9. The molecule has 0 aromatic heterocycles. The van der Waals surface area contributed by atoms with Crippen molar-refractivity contribution in [1.29, 1.82) is 0 Å². The molecule has 2 rings (SSSR count). The van der Waals surface area contributed by atoms with E-state index in [0.29, 0.717) is 5.02 Å². The maximum absolute atomic E-state index is 11.6. The molecule has 1 atom stereocenters. The highest BCUT2D eigenvalue weighted by molar-refractivity contribution is 6.30. The fourth-order valence-corrected chi connectivity index (χ4v) is 2.11. The average molecular weight is 275 g/mol. The molecule has 0 fully saturated rings. The lowest BCUT2D eigenvalue weighted by Gasteiger charge is -2.17. The molecule has 0 aliphatic heterocycles. The predicted octanol–water partition coefficient (Wildman–Crippen LogP) is 3.29. The maximum atomic E-state index is 11.6. The predicted molar refractivity (Wildman–Crippen MR) is 78.2 cm³/mol. The van der Waals surface area contributed by atoms with Gasteiger partial charge in [0, 0.05) is 10.7 Å². The number of halogens is 1. The monoisotopic (exact) mass is 274 g/mol. The minimum Gasteiger partial charge on any atom is -0.370 e. The van der Waals surface area contributed by atoms with E-state index in [2.05, 4.69) is 5.32 Å². The number of benzene rings is 2. The van der Waals surface area contributed by atoms with Crippen molar-refractivity contribution in [2.45, 2.75) is 13.0 Å². The van der Waals surface area contributed by atoms with Crippen molar-refractivity contribution >= 4 is 23.2 Å². The molecule has 2 aromatic rings. The Morgan fingerprint density at radius 2 is 1.95 bits per heavy atom. The van der Waals surface area contributed by atoms with Gasteiger partial charge in [-0.1, -0.05) is 35.9 Å². The van der Waals surface area contributed by atoms with Crippen LogP contribution in [0, 0.1) is 6.92 Å². The molecule has 4 heteroatoms. The van der Waals surface area contributed by atoms with Gasteiger partial charge < -0.3 is 11.1 Å². The Hall–Kier alpha value is -2.00. The third-order valence-electron chi connectivity index (χ3n) is 2.80. The van der Waals surface area contributed by atoms with E-state index in [1.54, 1.807) is 18.2 Å². The Morgan fingerprint density at radius 3 is 2.58 bits per heavy atom. The fraction of sp³-hybridized carbons (Fsp3) is 0.133. The number of rotatable bonds is 4. The molecule has 0 saturated carbocycles. The number of hydrogen-bond donors (Lipinski definition) is 2. The Labute approximate surface area is 117 Å². The van der Waals surface area contributed by atoms with E-state index in [9.17, 15) is 4.79 Å². The molecule has 1 amide bonds. The minimum absolute atomic E-state index is 0.441. The molecule has 0 radical (unpaired) electrons. The van der Waals surface area contributed by atoms with Gasteiger partial charge >= 0.3 is 0 Å². The van der Waals surface area contributed by atoms with Crippen LogP contribution in [0.3, 0.4) is 0 Å². The summed E-state index contributed by atoms with van der Waals surface area (Å²) in [7, 11) is 0. The van der Waals surface area contributed by atoms with Gasteiger partial charge in [-0.15, -0.1) is 0 Å². The van der Waals surface area contributed by atoms with E-state index < -0.39 is 11.9 Å². The number of primary amides is 1.